The second kappa shape index (κ2) is 8.55. The van der Waals surface area contributed by atoms with Crippen molar-refractivity contribution in [2.75, 3.05) is 6.61 Å². The fourth-order valence-electron chi connectivity index (χ4n) is 3.30. The Balaban J connectivity index is 1.67. The zero-order valence-electron chi connectivity index (χ0n) is 16.9. The lowest BCUT2D eigenvalue weighted by molar-refractivity contribution is 0.0475. The summed E-state index contributed by atoms with van der Waals surface area (Å²) in [6, 6.07) is 16.1. The van der Waals surface area contributed by atoms with Crippen molar-refractivity contribution in [3.05, 3.63) is 105 Å². The van der Waals surface area contributed by atoms with E-state index in [2.05, 4.69) is 0 Å². The Hall–Kier alpha value is -4.13. The van der Waals surface area contributed by atoms with Crippen LogP contribution in [-0.4, -0.2) is 18.4 Å². The summed E-state index contributed by atoms with van der Waals surface area (Å²) in [5, 5.41) is 0.198. The first-order valence-electron chi connectivity index (χ1n) is 9.64. The summed E-state index contributed by atoms with van der Waals surface area (Å²) in [6.07, 6.45) is 0. The van der Waals surface area contributed by atoms with Crippen LogP contribution in [0.25, 0.3) is 22.3 Å². The minimum absolute atomic E-state index is 0.0325. The number of esters is 1. The highest BCUT2D eigenvalue weighted by Gasteiger charge is 2.20. The summed E-state index contributed by atoms with van der Waals surface area (Å²) in [5.41, 5.74) is 0.631. The number of Topliss-reactive ketones (excluding diaryl/α,β-unsaturated/α-hetero) is 1. The summed E-state index contributed by atoms with van der Waals surface area (Å²) < 4.78 is 37.4. The van der Waals surface area contributed by atoms with Crippen LogP contribution in [0.4, 0.5) is 8.78 Å². The van der Waals surface area contributed by atoms with Gasteiger partial charge in [0.2, 0.25) is 0 Å². The number of hydrogen-bond acceptors (Lipinski definition) is 5. The molecule has 4 aromatic rings. The SMILES string of the molecule is Cc1c(-c2ccccc2)oc2c(C(=O)OCC(=O)c3ccc(F)c(F)c3)cccc2c1=O. The third kappa shape index (κ3) is 3.92. The van der Waals surface area contributed by atoms with Gasteiger partial charge < -0.3 is 9.15 Å². The highest BCUT2D eigenvalue weighted by atomic mass is 19.2. The van der Waals surface area contributed by atoms with E-state index < -0.39 is 30.0 Å². The van der Waals surface area contributed by atoms with E-state index >= 15 is 0 Å². The molecule has 1 aromatic heterocycles. The zero-order valence-corrected chi connectivity index (χ0v) is 16.9. The minimum Gasteiger partial charge on any atom is -0.455 e. The predicted octanol–water partition coefficient (Wildman–Crippen LogP) is 5.09. The number of hydrogen-bond donors (Lipinski definition) is 0. The van der Waals surface area contributed by atoms with Gasteiger partial charge in [-0.2, -0.15) is 0 Å². The van der Waals surface area contributed by atoms with Gasteiger partial charge >= 0.3 is 5.97 Å². The molecule has 0 aliphatic rings. The highest BCUT2D eigenvalue weighted by Crippen LogP contribution is 2.27. The molecule has 0 saturated heterocycles. The number of carbonyl (C=O) groups excluding carboxylic acids is 2. The molecule has 0 saturated carbocycles. The molecule has 0 bridgehead atoms. The molecule has 5 nitrogen and oxygen atoms in total. The number of fused-ring (bicyclic) bond motifs is 1. The Kier molecular flexibility index (Phi) is 5.64. The van der Waals surface area contributed by atoms with E-state index in [9.17, 15) is 23.2 Å². The minimum atomic E-state index is -1.18. The van der Waals surface area contributed by atoms with Crippen molar-refractivity contribution >= 4 is 22.7 Å². The Morgan fingerprint density at radius 3 is 2.41 bits per heavy atom. The fraction of sp³-hybridized carbons (Fsp3) is 0.0800. The van der Waals surface area contributed by atoms with Crippen LogP contribution in [0.5, 0.6) is 0 Å². The molecule has 0 aliphatic carbocycles. The second-order valence-electron chi connectivity index (χ2n) is 7.06. The number of carbonyl (C=O) groups is 2. The number of halogens is 2. The average Bonchev–Trinajstić information content (AvgIpc) is 2.81. The van der Waals surface area contributed by atoms with E-state index in [0.717, 1.165) is 18.2 Å². The normalized spacial score (nSPS) is 10.8. The number of ether oxygens (including phenoxy) is 1. The van der Waals surface area contributed by atoms with Gasteiger partial charge in [-0.15, -0.1) is 0 Å². The lowest BCUT2D eigenvalue weighted by atomic mass is 10.0. The van der Waals surface area contributed by atoms with Gasteiger partial charge in [-0.1, -0.05) is 36.4 Å². The van der Waals surface area contributed by atoms with Crippen molar-refractivity contribution in [1.82, 2.24) is 0 Å². The van der Waals surface area contributed by atoms with Gasteiger partial charge in [0.05, 0.1) is 5.39 Å². The van der Waals surface area contributed by atoms with Gasteiger partial charge in [-0.05, 0) is 37.3 Å². The maximum Gasteiger partial charge on any atom is 0.342 e. The van der Waals surface area contributed by atoms with Gasteiger partial charge in [0.15, 0.2) is 35.0 Å². The van der Waals surface area contributed by atoms with Crippen LogP contribution in [0.2, 0.25) is 0 Å². The smallest absolute Gasteiger partial charge is 0.342 e. The van der Waals surface area contributed by atoms with E-state index in [-0.39, 0.29) is 27.5 Å². The molecule has 1 heterocycles. The Labute approximate surface area is 180 Å². The monoisotopic (exact) mass is 434 g/mol. The lowest BCUT2D eigenvalue weighted by Crippen LogP contribution is -2.16. The Bertz CT molecular complexity index is 1410. The number of ketones is 1. The quantitative estimate of drug-likeness (QED) is 0.323. The maximum atomic E-state index is 13.3. The molecule has 0 amide bonds. The van der Waals surface area contributed by atoms with Crippen LogP contribution in [0.15, 0.2) is 75.9 Å². The molecule has 0 atom stereocenters. The van der Waals surface area contributed by atoms with Crippen LogP contribution in [0.1, 0.15) is 26.3 Å². The van der Waals surface area contributed by atoms with Crippen molar-refractivity contribution < 1.29 is 27.5 Å². The van der Waals surface area contributed by atoms with E-state index in [4.69, 9.17) is 9.15 Å². The average molecular weight is 434 g/mol. The molecule has 0 radical (unpaired) electrons. The van der Waals surface area contributed by atoms with Crippen LogP contribution in [-0.2, 0) is 4.74 Å². The molecule has 0 aliphatic heterocycles. The van der Waals surface area contributed by atoms with Crippen LogP contribution in [0, 0.1) is 18.6 Å². The number of benzene rings is 3. The molecule has 0 spiro atoms. The van der Waals surface area contributed by atoms with Crippen LogP contribution < -0.4 is 5.43 Å². The van der Waals surface area contributed by atoms with E-state index in [1.165, 1.54) is 18.2 Å². The first-order valence-corrected chi connectivity index (χ1v) is 9.64. The predicted molar refractivity (Wildman–Crippen MR) is 114 cm³/mol. The van der Waals surface area contributed by atoms with Gasteiger partial charge in [0.1, 0.15) is 11.3 Å². The number of rotatable bonds is 5. The maximum absolute atomic E-state index is 13.3. The van der Waals surface area contributed by atoms with Crippen molar-refractivity contribution in [1.29, 1.82) is 0 Å². The van der Waals surface area contributed by atoms with Crippen molar-refractivity contribution in [2.24, 2.45) is 0 Å². The number of para-hydroxylation sites is 1. The first kappa shape index (κ1) is 21.1. The topological polar surface area (TPSA) is 73.6 Å². The van der Waals surface area contributed by atoms with Crippen LogP contribution >= 0.6 is 0 Å². The standard InChI is InChI=1S/C25H16F2O5/c1-14-22(29)17-8-5-9-18(24(17)32-23(14)15-6-3-2-4-7-15)25(30)31-13-21(28)16-10-11-19(26)20(27)12-16/h2-12H,13H2,1H3. The molecular formula is C25H16F2O5. The lowest BCUT2D eigenvalue weighted by Gasteiger charge is -2.10. The Morgan fingerprint density at radius 2 is 1.69 bits per heavy atom. The van der Waals surface area contributed by atoms with Gasteiger partial charge in [0, 0.05) is 16.7 Å². The van der Waals surface area contributed by atoms with Crippen molar-refractivity contribution in [2.45, 2.75) is 6.92 Å². The molecule has 0 fully saturated rings. The molecule has 7 heteroatoms. The molecule has 4 rings (SSSR count). The van der Waals surface area contributed by atoms with Crippen molar-refractivity contribution in [3.63, 3.8) is 0 Å². The summed E-state index contributed by atoms with van der Waals surface area (Å²) >= 11 is 0. The summed E-state index contributed by atoms with van der Waals surface area (Å²) in [6.45, 7) is 0.945. The molecule has 3 aromatic carbocycles. The molecule has 32 heavy (non-hydrogen) atoms. The second-order valence-corrected chi connectivity index (χ2v) is 7.06. The summed E-state index contributed by atoms with van der Waals surface area (Å²) in [5.74, 6) is -3.55. The van der Waals surface area contributed by atoms with Gasteiger partial charge in [-0.3, -0.25) is 9.59 Å². The molecule has 0 unspecified atom stereocenters. The molecule has 0 N–H and O–H groups in total. The Morgan fingerprint density at radius 1 is 0.938 bits per heavy atom. The summed E-state index contributed by atoms with van der Waals surface area (Å²) in [4.78, 5) is 37.8. The van der Waals surface area contributed by atoms with Crippen molar-refractivity contribution in [3.8, 4) is 11.3 Å². The summed E-state index contributed by atoms with van der Waals surface area (Å²) in [7, 11) is 0. The first-order chi connectivity index (χ1) is 15.4. The largest absolute Gasteiger partial charge is 0.455 e. The van der Waals surface area contributed by atoms with Crippen LogP contribution in [0.3, 0.4) is 0 Å². The third-order valence-electron chi connectivity index (χ3n) is 4.98. The highest BCUT2D eigenvalue weighted by molar-refractivity contribution is 6.04. The molecular weight excluding hydrogens is 418 g/mol. The van der Waals surface area contributed by atoms with E-state index in [1.54, 1.807) is 31.2 Å². The third-order valence-corrected chi connectivity index (χ3v) is 4.98. The van der Waals surface area contributed by atoms with Gasteiger partial charge in [0.25, 0.3) is 0 Å². The van der Waals surface area contributed by atoms with E-state index in [0.29, 0.717) is 16.9 Å². The molecule has 160 valence electrons. The van der Waals surface area contributed by atoms with Gasteiger partial charge in [-0.25, -0.2) is 13.6 Å². The zero-order chi connectivity index (χ0) is 22.8. The van der Waals surface area contributed by atoms with E-state index in [1.807, 2.05) is 6.07 Å². The fourth-order valence-corrected chi connectivity index (χ4v) is 3.30.